The van der Waals surface area contributed by atoms with E-state index in [1.54, 1.807) is 6.26 Å². The lowest BCUT2D eigenvalue weighted by Crippen LogP contribution is -2.15. The molecule has 2 rings (SSSR count). The average Bonchev–Trinajstić information content (AvgIpc) is 2.88. The van der Waals surface area contributed by atoms with Crippen LogP contribution in [0.15, 0.2) is 35.3 Å². The van der Waals surface area contributed by atoms with Gasteiger partial charge in [-0.2, -0.15) is 0 Å². The SMILES string of the molecule is CCn1cncc1CNCc1ccco1. The second-order valence-electron chi connectivity index (χ2n) is 3.35. The van der Waals surface area contributed by atoms with Crippen LogP contribution in [0.2, 0.25) is 0 Å². The van der Waals surface area contributed by atoms with Crippen molar-refractivity contribution in [2.75, 3.05) is 0 Å². The molecule has 4 heteroatoms. The normalized spacial score (nSPS) is 10.7. The molecule has 0 aliphatic heterocycles. The average molecular weight is 205 g/mol. The number of aryl methyl sites for hydroxylation is 1. The molecule has 0 aliphatic carbocycles. The van der Waals surface area contributed by atoms with Crippen molar-refractivity contribution in [2.45, 2.75) is 26.6 Å². The summed E-state index contributed by atoms with van der Waals surface area (Å²) in [5.41, 5.74) is 1.20. The Kier molecular flexibility index (Phi) is 3.19. The first-order chi connectivity index (χ1) is 7.40. The van der Waals surface area contributed by atoms with Crippen molar-refractivity contribution in [3.63, 3.8) is 0 Å². The van der Waals surface area contributed by atoms with Crippen LogP contribution < -0.4 is 5.32 Å². The Labute approximate surface area is 88.9 Å². The lowest BCUT2D eigenvalue weighted by molar-refractivity contribution is 0.479. The van der Waals surface area contributed by atoms with Crippen molar-refractivity contribution in [2.24, 2.45) is 0 Å². The zero-order valence-corrected chi connectivity index (χ0v) is 8.81. The van der Waals surface area contributed by atoms with Gasteiger partial charge in [-0.3, -0.25) is 0 Å². The predicted octanol–water partition coefficient (Wildman–Crippen LogP) is 1.79. The number of furan rings is 1. The lowest BCUT2D eigenvalue weighted by atomic mass is 10.4. The van der Waals surface area contributed by atoms with Crippen LogP contribution in [0.3, 0.4) is 0 Å². The predicted molar refractivity (Wildman–Crippen MR) is 57.2 cm³/mol. The molecule has 0 atom stereocenters. The van der Waals surface area contributed by atoms with E-state index in [1.165, 1.54) is 5.69 Å². The van der Waals surface area contributed by atoms with Crippen molar-refractivity contribution in [1.82, 2.24) is 14.9 Å². The molecule has 2 aromatic heterocycles. The van der Waals surface area contributed by atoms with Crippen LogP contribution in [0.5, 0.6) is 0 Å². The van der Waals surface area contributed by atoms with Gasteiger partial charge >= 0.3 is 0 Å². The molecular formula is C11H15N3O. The Morgan fingerprint density at radius 2 is 2.40 bits per heavy atom. The number of nitrogens with zero attached hydrogens (tertiary/aromatic N) is 2. The molecule has 0 saturated heterocycles. The second-order valence-corrected chi connectivity index (χ2v) is 3.35. The number of hydrogen-bond acceptors (Lipinski definition) is 3. The topological polar surface area (TPSA) is 43.0 Å². The summed E-state index contributed by atoms with van der Waals surface area (Å²) in [5.74, 6) is 0.956. The molecule has 80 valence electrons. The molecule has 0 radical (unpaired) electrons. The van der Waals surface area contributed by atoms with Crippen LogP contribution in [-0.4, -0.2) is 9.55 Å². The molecule has 0 spiro atoms. The number of hydrogen-bond donors (Lipinski definition) is 1. The smallest absolute Gasteiger partial charge is 0.117 e. The van der Waals surface area contributed by atoms with Gasteiger partial charge in [-0.1, -0.05) is 0 Å². The summed E-state index contributed by atoms with van der Waals surface area (Å²) in [7, 11) is 0. The highest BCUT2D eigenvalue weighted by atomic mass is 16.3. The van der Waals surface area contributed by atoms with E-state index in [2.05, 4.69) is 21.8 Å². The highest BCUT2D eigenvalue weighted by molar-refractivity contribution is 5.00. The van der Waals surface area contributed by atoms with Crippen LogP contribution in [-0.2, 0) is 19.6 Å². The molecular weight excluding hydrogens is 190 g/mol. The molecule has 0 bridgehead atoms. The molecule has 0 unspecified atom stereocenters. The molecule has 0 amide bonds. The monoisotopic (exact) mass is 205 g/mol. The maximum absolute atomic E-state index is 5.22. The Bertz CT molecular complexity index is 392. The fourth-order valence-electron chi connectivity index (χ4n) is 1.51. The molecule has 2 aromatic rings. The molecule has 0 fully saturated rings. The van der Waals surface area contributed by atoms with Crippen LogP contribution >= 0.6 is 0 Å². The van der Waals surface area contributed by atoms with Gasteiger partial charge < -0.3 is 14.3 Å². The first kappa shape index (κ1) is 9.98. The number of aromatic nitrogens is 2. The summed E-state index contributed by atoms with van der Waals surface area (Å²) >= 11 is 0. The van der Waals surface area contributed by atoms with E-state index in [4.69, 9.17) is 4.42 Å². The van der Waals surface area contributed by atoms with E-state index < -0.39 is 0 Å². The minimum absolute atomic E-state index is 0.752. The van der Waals surface area contributed by atoms with Crippen molar-refractivity contribution in [3.8, 4) is 0 Å². The number of imidazole rings is 1. The van der Waals surface area contributed by atoms with Crippen LogP contribution in [0.25, 0.3) is 0 Å². The van der Waals surface area contributed by atoms with E-state index in [1.807, 2.05) is 24.7 Å². The molecule has 0 aromatic carbocycles. The first-order valence-electron chi connectivity index (χ1n) is 5.12. The first-order valence-corrected chi connectivity index (χ1v) is 5.12. The molecule has 2 heterocycles. The largest absolute Gasteiger partial charge is 0.468 e. The van der Waals surface area contributed by atoms with Gasteiger partial charge in [0.2, 0.25) is 0 Å². The quantitative estimate of drug-likeness (QED) is 0.809. The van der Waals surface area contributed by atoms with E-state index in [9.17, 15) is 0 Å². The van der Waals surface area contributed by atoms with Gasteiger partial charge in [0.05, 0.1) is 24.8 Å². The van der Waals surface area contributed by atoms with Crippen molar-refractivity contribution >= 4 is 0 Å². The number of rotatable bonds is 5. The Morgan fingerprint density at radius 1 is 1.47 bits per heavy atom. The summed E-state index contributed by atoms with van der Waals surface area (Å²) in [5, 5.41) is 3.31. The molecule has 0 saturated carbocycles. The highest BCUT2D eigenvalue weighted by Gasteiger charge is 2.00. The third-order valence-corrected chi connectivity index (χ3v) is 2.32. The van der Waals surface area contributed by atoms with Crippen LogP contribution in [0.1, 0.15) is 18.4 Å². The van der Waals surface area contributed by atoms with Gasteiger partial charge in [0.25, 0.3) is 0 Å². The standard InChI is InChI=1S/C11H15N3O/c1-2-14-9-13-7-10(14)6-12-8-11-4-3-5-15-11/h3-5,7,9,12H,2,6,8H2,1H3. The summed E-state index contributed by atoms with van der Waals surface area (Å²) < 4.78 is 7.34. The van der Waals surface area contributed by atoms with Gasteiger partial charge in [0.15, 0.2) is 0 Å². The van der Waals surface area contributed by atoms with Gasteiger partial charge in [-0.25, -0.2) is 4.98 Å². The lowest BCUT2D eigenvalue weighted by Gasteiger charge is -2.05. The van der Waals surface area contributed by atoms with Crippen molar-refractivity contribution < 1.29 is 4.42 Å². The van der Waals surface area contributed by atoms with Crippen LogP contribution in [0, 0.1) is 0 Å². The third-order valence-electron chi connectivity index (χ3n) is 2.32. The fourth-order valence-corrected chi connectivity index (χ4v) is 1.51. The zero-order valence-electron chi connectivity index (χ0n) is 8.81. The third kappa shape index (κ3) is 2.47. The van der Waals surface area contributed by atoms with Gasteiger partial charge in [0, 0.05) is 19.3 Å². The highest BCUT2D eigenvalue weighted by Crippen LogP contribution is 2.01. The Hall–Kier alpha value is -1.55. The van der Waals surface area contributed by atoms with Gasteiger partial charge in [0.1, 0.15) is 5.76 Å². The van der Waals surface area contributed by atoms with Crippen molar-refractivity contribution in [3.05, 3.63) is 42.4 Å². The van der Waals surface area contributed by atoms with E-state index in [0.717, 1.165) is 25.4 Å². The summed E-state index contributed by atoms with van der Waals surface area (Å²) in [6, 6.07) is 3.86. The van der Waals surface area contributed by atoms with Gasteiger partial charge in [-0.15, -0.1) is 0 Å². The number of nitrogens with one attached hydrogen (secondary N) is 1. The zero-order chi connectivity index (χ0) is 10.5. The molecule has 1 N–H and O–H groups in total. The fraction of sp³-hybridized carbons (Fsp3) is 0.364. The molecule has 0 aliphatic rings. The summed E-state index contributed by atoms with van der Waals surface area (Å²) in [6.07, 6.45) is 5.43. The van der Waals surface area contributed by atoms with E-state index in [0.29, 0.717) is 0 Å². The maximum Gasteiger partial charge on any atom is 0.117 e. The molecule has 15 heavy (non-hydrogen) atoms. The second kappa shape index (κ2) is 4.79. The Morgan fingerprint density at radius 3 is 3.13 bits per heavy atom. The molecule has 4 nitrogen and oxygen atoms in total. The Balaban J connectivity index is 1.83. The maximum atomic E-state index is 5.22. The van der Waals surface area contributed by atoms with Crippen molar-refractivity contribution in [1.29, 1.82) is 0 Å². The summed E-state index contributed by atoms with van der Waals surface area (Å²) in [4.78, 5) is 4.11. The minimum atomic E-state index is 0.752. The summed E-state index contributed by atoms with van der Waals surface area (Å²) in [6.45, 7) is 4.63. The van der Waals surface area contributed by atoms with Crippen LogP contribution in [0.4, 0.5) is 0 Å². The van der Waals surface area contributed by atoms with Gasteiger partial charge in [-0.05, 0) is 19.1 Å². The van der Waals surface area contributed by atoms with E-state index >= 15 is 0 Å². The minimum Gasteiger partial charge on any atom is -0.468 e. The van der Waals surface area contributed by atoms with E-state index in [-0.39, 0.29) is 0 Å².